The van der Waals surface area contributed by atoms with Crippen molar-refractivity contribution < 1.29 is 9.53 Å². The number of carbonyl (C=O) groups excluding carboxylic acids is 1. The van der Waals surface area contributed by atoms with Crippen molar-refractivity contribution in [1.29, 1.82) is 0 Å². The number of nitrogens with one attached hydrogen (secondary N) is 1. The molecule has 2 aromatic rings. The number of hydrogen-bond donors (Lipinski definition) is 1. The van der Waals surface area contributed by atoms with Gasteiger partial charge in [0.25, 0.3) is 5.91 Å². The summed E-state index contributed by atoms with van der Waals surface area (Å²) in [5, 5.41) is 5.21. The fourth-order valence-electron chi connectivity index (χ4n) is 3.78. The summed E-state index contributed by atoms with van der Waals surface area (Å²) >= 11 is 1.82. The van der Waals surface area contributed by atoms with Crippen LogP contribution in [0.3, 0.4) is 0 Å². The van der Waals surface area contributed by atoms with Crippen molar-refractivity contribution in [2.45, 2.75) is 37.5 Å². The number of amides is 1. The Kier molecular flexibility index (Phi) is 4.83. The van der Waals surface area contributed by atoms with Gasteiger partial charge in [-0.25, -0.2) is 0 Å². The van der Waals surface area contributed by atoms with Crippen molar-refractivity contribution in [3.05, 3.63) is 52.5 Å². The Morgan fingerprint density at radius 1 is 1.32 bits per heavy atom. The molecule has 0 aromatic carbocycles. The number of rotatable bonds is 4. The number of likely N-dealkylation sites (tertiary alicyclic amines) is 1. The van der Waals surface area contributed by atoms with Gasteiger partial charge < -0.3 is 10.1 Å². The van der Waals surface area contributed by atoms with Gasteiger partial charge in [0.05, 0.1) is 18.2 Å². The average Bonchev–Trinajstić information content (AvgIpc) is 3.28. The molecule has 0 saturated carbocycles. The molecule has 1 N–H and O–H groups in total. The summed E-state index contributed by atoms with van der Waals surface area (Å²) in [7, 11) is 0. The van der Waals surface area contributed by atoms with Crippen LogP contribution < -0.4 is 5.32 Å². The SMILES string of the molecule is O=C(N[C@@H]1COC2(CCN(Cc3cccs3)CC2)C1)c1ccccn1. The molecule has 25 heavy (non-hydrogen) atoms. The number of piperidine rings is 1. The van der Waals surface area contributed by atoms with E-state index >= 15 is 0 Å². The molecule has 132 valence electrons. The van der Waals surface area contributed by atoms with Crippen molar-refractivity contribution in [1.82, 2.24) is 15.2 Å². The highest BCUT2D eigenvalue weighted by molar-refractivity contribution is 7.09. The summed E-state index contributed by atoms with van der Waals surface area (Å²) in [6.45, 7) is 3.74. The second-order valence-electron chi connectivity index (χ2n) is 6.94. The van der Waals surface area contributed by atoms with E-state index in [1.807, 2.05) is 23.5 Å². The van der Waals surface area contributed by atoms with Crippen LogP contribution in [0.15, 0.2) is 41.9 Å². The zero-order chi connectivity index (χ0) is 17.1. The molecule has 5 nitrogen and oxygen atoms in total. The minimum Gasteiger partial charge on any atom is -0.373 e. The summed E-state index contributed by atoms with van der Waals surface area (Å²) in [4.78, 5) is 20.3. The third kappa shape index (κ3) is 3.92. The Balaban J connectivity index is 1.28. The highest BCUT2D eigenvalue weighted by atomic mass is 32.1. The second kappa shape index (κ2) is 7.23. The summed E-state index contributed by atoms with van der Waals surface area (Å²) in [5.41, 5.74) is 0.405. The van der Waals surface area contributed by atoms with Gasteiger partial charge in [-0.2, -0.15) is 0 Å². The summed E-state index contributed by atoms with van der Waals surface area (Å²) in [5.74, 6) is -0.110. The molecule has 2 aliphatic rings. The maximum Gasteiger partial charge on any atom is 0.270 e. The first-order valence-electron chi connectivity index (χ1n) is 8.83. The Bertz CT molecular complexity index is 697. The highest BCUT2D eigenvalue weighted by Gasteiger charge is 2.43. The molecular weight excluding hydrogens is 334 g/mol. The van der Waals surface area contributed by atoms with Crippen molar-refractivity contribution in [3.8, 4) is 0 Å². The van der Waals surface area contributed by atoms with E-state index in [-0.39, 0.29) is 17.6 Å². The van der Waals surface area contributed by atoms with Gasteiger partial charge >= 0.3 is 0 Å². The van der Waals surface area contributed by atoms with Crippen molar-refractivity contribution in [2.24, 2.45) is 0 Å². The number of pyridine rings is 1. The Morgan fingerprint density at radius 2 is 2.20 bits per heavy atom. The zero-order valence-electron chi connectivity index (χ0n) is 14.2. The van der Waals surface area contributed by atoms with Crippen LogP contribution in [0, 0.1) is 0 Å². The summed E-state index contributed by atoms with van der Waals surface area (Å²) < 4.78 is 6.16. The standard InChI is InChI=1S/C19H23N3O2S/c23-18(17-5-1-2-8-20-17)21-15-12-19(24-14-15)6-9-22(10-7-19)13-16-4-3-11-25-16/h1-5,8,11,15H,6-7,9-10,12-14H2,(H,21,23)/t15-/m0/s1. The van der Waals surface area contributed by atoms with Gasteiger partial charge in [-0.3, -0.25) is 14.7 Å². The van der Waals surface area contributed by atoms with Gasteiger partial charge in [-0.05, 0) is 42.8 Å². The molecule has 1 amide bonds. The maximum atomic E-state index is 12.3. The maximum absolute atomic E-state index is 12.3. The van der Waals surface area contributed by atoms with Crippen LogP contribution >= 0.6 is 11.3 Å². The van der Waals surface area contributed by atoms with E-state index in [0.717, 1.165) is 38.9 Å². The van der Waals surface area contributed by atoms with Crippen molar-refractivity contribution in [3.63, 3.8) is 0 Å². The fraction of sp³-hybridized carbons (Fsp3) is 0.474. The smallest absolute Gasteiger partial charge is 0.270 e. The van der Waals surface area contributed by atoms with E-state index in [1.165, 1.54) is 4.88 Å². The molecule has 0 radical (unpaired) electrons. The van der Waals surface area contributed by atoms with Crippen LogP contribution in [0.25, 0.3) is 0 Å². The van der Waals surface area contributed by atoms with Crippen LogP contribution in [0.1, 0.15) is 34.6 Å². The van der Waals surface area contributed by atoms with Gasteiger partial charge in [0, 0.05) is 30.7 Å². The van der Waals surface area contributed by atoms with Gasteiger partial charge in [0.15, 0.2) is 0 Å². The lowest BCUT2D eigenvalue weighted by molar-refractivity contribution is -0.0447. The topological polar surface area (TPSA) is 54.5 Å². The predicted molar refractivity (Wildman–Crippen MR) is 97.6 cm³/mol. The lowest BCUT2D eigenvalue weighted by Gasteiger charge is -2.38. The molecule has 4 heterocycles. The number of carbonyl (C=O) groups is 1. The van der Waals surface area contributed by atoms with Crippen LogP contribution in [-0.4, -0.2) is 47.1 Å². The van der Waals surface area contributed by atoms with Crippen molar-refractivity contribution in [2.75, 3.05) is 19.7 Å². The number of aromatic nitrogens is 1. The minimum atomic E-state index is -0.110. The fourth-order valence-corrected chi connectivity index (χ4v) is 4.53. The Hall–Kier alpha value is -1.76. The first kappa shape index (κ1) is 16.7. The molecule has 2 aliphatic heterocycles. The molecule has 1 spiro atoms. The third-order valence-corrected chi connectivity index (χ3v) is 6.03. The molecule has 2 aromatic heterocycles. The third-order valence-electron chi connectivity index (χ3n) is 5.17. The monoisotopic (exact) mass is 357 g/mol. The lowest BCUT2D eigenvalue weighted by atomic mass is 9.87. The summed E-state index contributed by atoms with van der Waals surface area (Å²) in [6, 6.07) is 9.78. The quantitative estimate of drug-likeness (QED) is 0.914. The number of hydrogen-bond acceptors (Lipinski definition) is 5. The molecule has 4 rings (SSSR count). The molecule has 0 unspecified atom stereocenters. The Labute approximate surface area is 152 Å². The van der Waals surface area contributed by atoms with E-state index in [9.17, 15) is 4.79 Å². The second-order valence-corrected chi connectivity index (χ2v) is 7.97. The van der Waals surface area contributed by atoms with Crippen LogP contribution in [-0.2, 0) is 11.3 Å². The minimum absolute atomic E-state index is 0.0615. The van der Waals surface area contributed by atoms with Gasteiger partial charge in [-0.1, -0.05) is 12.1 Å². The van der Waals surface area contributed by atoms with E-state index in [1.54, 1.807) is 12.3 Å². The first-order chi connectivity index (χ1) is 12.2. The van der Waals surface area contributed by atoms with E-state index in [0.29, 0.717) is 12.3 Å². The van der Waals surface area contributed by atoms with Crippen LogP contribution in [0.4, 0.5) is 0 Å². The van der Waals surface area contributed by atoms with Crippen molar-refractivity contribution >= 4 is 17.2 Å². The first-order valence-corrected chi connectivity index (χ1v) is 9.71. The van der Waals surface area contributed by atoms with E-state index in [2.05, 4.69) is 32.7 Å². The van der Waals surface area contributed by atoms with Gasteiger partial charge in [0.1, 0.15) is 5.69 Å². The largest absolute Gasteiger partial charge is 0.373 e. The Morgan fingerprint density at radius 3 is 2.92 bits per heavy atom. The molecule has 2 saturated heterocycles. The molecule has 0 bridgehead atoms. The normalized spacial score (nSPS) is 23.0. The predicted octanol–water partition coefficient (Wildman–Crippen LogP) is 2.70. The average molecular weight is 357 g/mol. The molecular formula is C19H23N3O2S. The lowest BCUT2D eigenvalue weighted by Crippen LogP contribution is -2.44. The number of nitrogens with zero attached hydrogens (tertiary/aromatic N) is 2. The number of ether oxygens (including phenoxy) is 1. The summed E-state index contributed by atoms with van der Waals surface area (Å²) in [6.07, 6.45) is 4.62. The molecule has 1 atom stereocenters. The molecule has 6 heteroatoms. The van der Waals surface area contributed by atoms with Crippen LogP contribution in [0.5, 0.6) is 0 Å². The molecule has 0 aliphatic carbocycles. The zero-order valence-corrected chi connectivity index (χ0v) is 15.0. The van der Waals surface area contributed by atoms with Gasteiger partial charge in [0.2, 0.25) is 0 Å². The van der Waals surface area contributed by atoms with Crippen LogP contribution in [0.2, 0.25) is 0 Å². The number of thiophene rings is 1. The van der Waals surface area contributed by atoms with E-state index < -0.39 is 0 Å². The van der Waals surface area contributed by atoms with E-state index in [4.69, 9.17) is 4.74 Å². The molecule has 2 fully saturated rings. The highest BCUT2D eigenvalue weighted by Crippen LogP contribution is 2.36. The van der Waals surface area contributed by atoms with Gasteiger partial charge in [-0.15, -0.1) is 11.3 Å².